The van der Waals surface area contributed by atoms with E-state index in [0.717, 1.165) is 38.5 Å². The first kappa shape index (κ1) is 26.9. The monoisotopic (exact) mass is 396 g/mol. The van der Waals surface area contributed by atoms with Crippen molar-refractivity contribution in [3.63, 3.8) is 0 Å². The molecule has 4 heteroatoms. The fraction of sp³-hybridized carbons (Fsp3) is 0.917. The van der Waals surface area contributed by atoms with Gasteiger partial charge in [0.15, 0.2) is 0 Å². The molecule has 0 radical (unpaired) electrons. The third kappa shape index (κ3) is 14.0. The van der Waals surface area contributed by atoms with Gasteiger partial charge in [0.1, 0.15) is 0 Å². The Labute approximate surface area is 173 Å². The van der Waals surface area contributed by atoms with Crippen LogP contribution in [0.2, 0.25) is 0 Å². The van der Waals surface area contributed by atoms with Crippen molar-refractivity contribution in [1.82, 2.24) is 0 Å². The van der Waals surface area contributed by atoms with Gasteiger partial charge in [-0.1, -0.05) is 117 Å². The Balaban J connectivity index is 4.25. The highest BCUT2D eigenvalue weighted by molar-refractivity contribution is 5.79. The summed E-state index contributed by atoms with van der Waals surface area (Å²) in [6.45, 7) is 4.40. The summed E-state index contributed by atoms with van der Waals surface area (Å²) < 4.78 is 0. The smallest absolute Gasteiger partial charge is 0.0479 e. The molecule has 0 N–H and O–H groups in total. The third-order valence-electron chi connectivity index (χ3n) is 5.93. The predicted octanol–water partition coefficient (Wildman–Crippen LogP) is 4.92. The quantitative estimate of drug-likeness (QED) is 0.258. The van der Waals surface area contributed by atoms with Gasteiger partial charge >= 0.3 is 0 Å². The molecule has 0 aliphatic carbocycles. The molecule has 0 heterocycles. The maximum atomic E-state index is 11.8. The van der Waals surface area contributed by atoms with Gasteiger partial charge in [-0.05, 0) is 19.3 Å². The number of rotatable bonds is 21. The molecule has 28 heavy (non-hydrogen) atoms. The molecular formula is C24H44O4-2. The summed E-state index contributed by atoms with van der Waals surface area (Å²) in [5.41, 5.74) is -1.25. The number of carbonyl (C=O) groups excluding carboxylic acids is 2. The maximum Gasteiger partial charge on any atom is 0.0479 e. The Bertz CT molecular complexity index is 372. The van der Waals surface area contributed by atoms with E-state index in [-0.39, 0.29) is 0 Å². The molecule has 166 valence electrons. The van der Waals surface area contributed by atoms with E-state index < -0.39 is 23.8 Å². The van der Waals surface area contributed by atoms with E-state index in [0.29, 0.717) is 12.8 Å². The summed E-state index contributed by atoms with van der Waals surface area (Å²) in [7, 11) is 0. The van der Waals surface area contributed by atoms with Crippen LogP contribution in [0.3, 0.4) is 0 Å². The van der Waals surface area contributed by atoms with E-state index in [9.17, 15) is 19.8 Å². The van der Waals surface area contributed by atoms with Crippen molar-refractivity contribution in [2.45, 2.75) is 136 Å². The minimum Gasteiger partial charge on any atom is -0.550 e. The molecule has 0 unspecified atom stereocenters. The lowest BCUT2D eigenvalue weighted by Crippen LogP contribution is -2.46. The molecule has 0 aliphatic heterocycles. The Morgan fingerprint density at radius 3 is 1.18 bits per heavy atom. The molecule has 0 aromatic rings. The number of aliphatic carboxylic acids is 2. The van der Waals surface area contributed by atoms with Crippen molar-refractivity contribution in [3.05, 3.63) is 0 Å². The highest BCUT2D eigenvalue weighted by Crippen LogP contribution is 2.35. The lowest BCUT2D eigenvalue weighted by Gasteiger charge is -2.35. The van der Waals surface area contributed by atoms with Crippen LogP contribution in [0.25, 0.3) is 0 Å². The van der Waals surface area contributed by atoms with Gasteiger partial charge in [0.25, 0.3) is 0 Å². The zero-order chi connectivity index (χ0) is 21.1. The van der Waals surface area contributed by atoms with Gasteiger partial charge in [0.2, 0.25) is 0 Å². The van der Waals surface area contributed by atoms with Crippen molar-refractivity contribution in [1.29, 1.82) is 0 Å². The number of carbonyl (C=O) groups is 2. The van der Waals surface area contributed by atoms with Crippen LogP contribution >= 0.6 is 0 Å². The summed E-state index contributed by atoms with van der Waals surface area (Å²) in [5, 5.41) is 23.0. The first-order valence-corrected chi connectivity index (χ1v) is 11.9. The first-order chi connectivity index (χ1) is 13.5. The van der Waals surface area contributed by atoms with Crippen LogP contribution in [0.4, 0.5) is 0 Å². The van der Waals surface area contributed by atoms with Gasteiger partial charge < -0.3 is 19.8 Å². The fourth-order valence-electron chi connectivity index (χ4n) is 4.05. The van der Waals surface area contributed by atoms with E-state index in [1.54, 1.807) is 0 Å². The molecule has 4 nitrogen and oxygen atoms in total. The van der Waals surface area contributed by atoms with E-state index in [1.165, 1.54) is 64.2 Å². The van der Waals surface area contributed by atoms with Crippen molar-refractivity contribution >= 4 is 11.9 Å². The molecule has 0 rings (SSSR count). The zero-order valence-electron chi connectivity index (χ0n) is 18.6. The Kier molecular flexibility index (Phi) is 17.3. The predicted molar refractivity (Wildman–Crippen MR) is 112 cm³/mol. The SMILES string of the molecule is CCCCCCCCCCC(CCCCCCCCCC)(CC(=O)[O-])C(=O)[O-]. The van der Waals surface area contributed by atoms with Crippen molar-refractivity contribution in [3.8, 4) is 0 Å². The van der Waals surface area contributed by atoms with Gasteiger partial charge in [0, 0.05) is 17.4 Å². The fourth-order valence-corrected chi connectivity index (χ4v) is 4.05. The number of hydrogen-bond acceptors (Lipinski definition) is 4. The van der Waals surface area contributed by atoms with E-state index in [1.807, 2.05) is 0 Å². The van der Waals surface area contributed by atoms with E-state index in [4.69, 9.17) is 0 Å². The van der Waals surface area contributed by atoms with E-state index >= 15 is 0 Å². The molecule has 0 saturated heterocycles. The Morgan fingerprint density at radius 2 is 0.893 bits per heavy atom. The van der Waals surface area contributed by atoms with Crippen LogP contribution in [-0.4, -0.2) is 11.9 Å². The molecule has 0 aliphatic rings. The normalized spacial score (nSPS) is 11.6. The zero-order valence-corrected chi connectivity index (χ0v) is 18.6. The molecule has 0 bridgehead atoms. The average molecular weight is 397 g/mol. The van der Waals surface area contributed by atoms with Crippen LogP contribution in [0.15, 0.2) is 0 Å². The second kappa shape index (κ2) is 18.0. The van der Waals surface area contributed by atoms with Gasteiger partial charge in [-0.2, -0.15) is 0 Å². The molecule has 0 amide bonds. The minimum absolute atomic E-state index is 0.398. The molecule has 0 aromatic carbocycles. The van der Waals surface area contributed by atoms with Gasteiger partial charge in [-0.3, -0.25) is 0 Å². The van der Waals surface area contributed by atoms with Crippen LogP contribution in [-0.2, 0) is 9.59 Å². The minimum atomic E-state index is -1.27. The molecular weight excluding hydrogens is 352 g/mol. The van der Waals surface area contributed by atoms with Crippen LogP contribution in [0, 0.1) is 5.41 Å². The number of carboxylic acid groups (broad SMARTS) is 2. The molecule has 0 fully saturated rings. The highest BCUT2D eigenvalue weighted by atomic mass is 16.4. The topological polar surface area (TPSA) is 80.3 Å². The Hall–Kier alpha value is -1.06. The first-order valence-electron chi connectivity index (χ1n) is 11.9. The second-order valence-corrected chi connectivity index (χ2v) is 8.57. The van der Waals surface area contributed by atoms with Crippen LogP contribution in [0.1, 0.15) is 136 Å². The standard InChI is InChI=1S/C24H46O4/c1-3-5-7-9-11-13-15-17-19-24(23(27)28,21-22(25)26)20-18-16-14-12-10-8-6-4-2/h3-21H2,1-2H3,(H,25,26)(H,27,28)/p-2. The summed E-state index contributed by atoms with van der Waals surface area (Å²) in [6, 6.07) is 0. The third-order valence-corrected chi connectivity index (χ3v) is 5.93. The summed E-state index contributed by atoms with van der Waals surface area (Å²) in [4.78, 5) is 23.0. The van der Waals surface area contributed by atoms with Gasteiger partial charge in [0.05, 0.1) is 0 Å². The number of hydrogen-bond donors (Lipinski definition) is 0. The van der Waals surface area contributed by atoms with Crippen molar-refractivity contribution in [2.24, 2.45) is 5.41 Å². The number of carboxylic acids is 2. The van der Waals surface area contributed by atoms with Crippen LogP contribution < -0.4 is 10.2 Å². The largest absolute Gasteiger partial charge is 0.550 e. The highest BCUT2D eigenvalue weighted by Gasteiger charge is 2.31. The summed E-state index contributed by atoms with van der Waals surface area (Å²) >= 11 is 0. The maximum absolute atomic E-state index is 11.8. The molecule has 0 saturated carbocycles. The molecule has 0 atom stereocenters. The Morgan fingerprint density at radius 1 is 0.571 bits per heavy atom. The molecule has 0 spiro atoms. The van der Waals surface area contributed by atoms with Crippen molar-refractivity contribution < 1.29 is 19.8 Å². The van der Waals surface area contributed by atoms with E-state index in [2.05, 4.69) is 13.8 Å². The molecule has 0 aromatic heterocycles. The van der Waals surface area contributed by atoms with Gasteiger partial charge in [-0.15, -0.1) is 0 Å². The lowest BCUT2D eigenvalue weighted by molar-refractivity contribution is -0.329. The number of unbranched alkanes of at least 4 members (excludes halogenated alkanes) is 14. The van der Waals surface area contributed by atoms with Gasteiger partial charge in [-0.25, -0.2) is 0 Å². The van der Waals surface area contributed by atoms with Crippen LogP contribution in [0.5, 0.6) is 0 Å². The summed E-state index contributed by atoms with van der Waals surface area (Å²) in [5.74, 6) is -2.48. The summed E-state index contributed by atoms with van der Waals surface area (Å²) in [6.07, 6.45) is 18.4. The second-order valence-electron chi connectivity index (χ2n) is 8.57. The average Bonchev–Trinajstić information content (AvgIpc) is 2.65. The lowest BCUT2D eigenvalue weighted by atomic mass is 9.75. The van der Waals surface area contributed by atoms with Crippen molar-refractivity contribution in [2.75, 3.05) is 0 Å².